The van der Waals surface area contributed by atoms with Gasteiger partial charge in [-0.25, -0.2) is 9.97 Å². The molecule has 1 aliphatic carbocycles. The standard InChI is InChI=1S/C16H27BrN4/c1-4-10-18-16-14(17)15(12-7-5-6-8-12)19-13(20-16)9-11-21(2)3/h12H,4-11H2,1-3H3,(H,18,19,20). The lowest BCUT2D eigenvalue weighted by molar-refractivity contribution is 0.409. The highest BCUT2D eigenvalue weighted by Crippen LogP contribution is 2.38. The van der Waals surface area contributed by atoms with Gasteiger partial charge < -0.3 is 10.2 Å². The fourth-order valence-electron chi connectivity index (χ4n) is 2.78. The SMILES string of the molecule is CCCNc1nc(CCN(C)C)nc(C2CCCC2)c1Br. The van der Waals surface area contributed by atoms with Crippen LogP contribution in [0.5, 0.6) is 0 Å². The molecule has 0 radical (unpaired) electrons. The number of anilines is 1. The number of nitrogens with zero attached hydrogens (tertiary/aromatic N) is 3. The van der Waals surface area contributed by atoms with Crippen molar-refractivity contribution in [3.05, 3.63) is 16.0 Å². The first-order valence-electron chi connectivity index (χ1n) is 8.06. The van der Waals surface area contributed by atoms with Gasteiger partial charge in [0, 0.05) is 25.4 Å². The summed E-state index contributed by atoms with van der Waals surface area (Å²) < 4.78 is 1.08. The van der Waals surface area contributed by atoms with E-state index in [4.69, 9.17) is 9.97 Å². The Labute approximate surface area is 136 Å². The maximum atomic E-state index is 4.87. The van der Waals surface area contributed by atoms with Crippen molar-refractivity contribution in [3.8, 4) is 0 Å². The Bertz CT molecular complexity index is 456. The van der Waals surface area contributed by atoms with Gasteiger partial charge in [-0.1, -0.05) is 19.8 Å². The molecule has 1 aromatic rings. The van der Waals surface area contributed by atoms with Crippen LogP contribution in [0.4, 0.5) is 5.82 Å². The molecule has 1 aromatic heterocycles. The largest absolute Gasteiger partial charge is 0.369 e. The van der Waals surface area contributed by atoms with E-state index in [9.17, 15) is 0 Å². The van der Waals surface area contributed by atoms with Crippen LogP contribution in [0.25, 0.3) is 0 Å². The van der Waals surface area contributed by atoms with E-state index in [1.165, 1.54) is 31.4 Å². The van der Waals surface area contributed by atoms with Gasteiger partial charge in [0.25, 0.3) is 0 Å². The summed E-state index contributed by atoms with van der Waals surface area (Å²) >= 11 is 3.74. The van der Waals surface area contributed by atoms with E-state index in [0.717, 1.165) is 42.0 Å². The minimum atomic E-state index is 0.600. The highest BCUT2D eigenvalue weighted by atomic mass is 79.9. The third-order valence-electron chi connectivity index (χ3n) is 3.99. The lowest BCUT2D eigenvalue weighted by Gasteiger charge is -2.17. The summed E-state index contributed by atoms with van der Waals surface area (Å²) in [5.41, 5.74) is 1.22. The maximum Gasteiger partial charge on any atom is 0.144 e. The van der Waals surface area contributed by atoms with Crippen molar-refractivity contribution in [3.63, 3.8) is 0 Å². The highest BCUT2D eigenvalue weighted by Gasteiger charge is 2.23. The van der Waals surface area contributed by atoms with E-state index >= 15 is 0 Å². The molecule has 1 fully saturated rings. The van der Waals surface area contributed by atoms with Gasteiger partial charge in [0.1, 0.15) is 11.6 Å². The number of hydrogen-bond acceptors (Lipinski definition) is 4. The predicted molar refractivity (Wildman–Crippen MR) is 92.0 cm³/mol. The number of rotatable bonds is 7. The lowest BCUT2D eigenvalue weighted by Crippen LogP contribution is -2.18. The number of hydrogen-bond donors (Lipinski definition) is 1. The van der Waals surface area contributed by atoms with Gasteiger partial charge in [-0.15, -0.1) is 0 Å². The fraction of sp³-hybridized carbons (Fsp3) is 0.750. The van der Waals surface area contributed by atoms with Crippen LogP contribution in [0.1, 0.15) is 56.5 Å². The molecule has 0 aromatic carbocycles. The van der Waals surface area contributed by atoms with E-state index in [1.54, 1.807) is 0 Å². The molecule has 5 heteroatoms. The number of likely N-dealkylation sites (N-methyl/N-ethyl adjacent to an activating group) is 1. The topological polar surface area (TPSA) is 41.1 Å². The average molecular weight is 355 g/mol. The average Bonchev–Trinajstić information content (AvgIpc) is 2.98. The zero-order chi connectivity index (χ0) is 15.2. The Balaban J connectivity index is 2.25. The Morgan fingerprint density at radius 2 is 1.95 bits per heavy atom. The predicted octanol–water partition coefficient (Wildman–Crippen LogP) is 3.82. The van der Waals surface area contributed by atoms with Crippen LogP contribution in [0, 0.1) is 0 Å². The van der Waals surface area contributed by atoms with E-state index in [0.29, 0.717) is 5.92 Å². The van der Waals surface area contributed by atoms with Crippen molar-refractivity contribution in [2.45, 2.75) is 51.4 Å². The molecule has 0 spiro atoms. The van der Waals surface area contributed by atoms with E-state index in [-0.39, 0.29) is 0 Å². The van der Waals surface area contributed by atoms with E-state index in [1.807, 2.05) is 0 Å². The Kier molecular flexibility index (Phi) is 6.42. The van der Waals surface area contributed by atoms with Crippen molar-refractivity contribution in [1.29, 1.82) is 0 Å². The van der Waals surface area contributed by atoms with Gasteiger partial charge in [-0.2, -0.15) is 0 Å². The van der Waals surface area contributed by atoms with Crippen molar-refractivity contribution in [2.24, 2.45) is 0 Å². The Morgan fingerprint density at radius 1 is 1.24 bits per heavy atom. The summed E-state index contributed by atoms with van der Waals surface area (Å²) in [5.74, 6) is 2.54. The lowest BCUT2D eigenvalue weighted by atomic mass is 10.0. The molecule has 4 nitrogen and oxygen atoms in total. The monoisotopic (exact) mass is 354 g/mol. The molecule has 1 heterocycles. The normalized spacial score (nSPS) is 15.9. The molecular weight excluding hydrogens is 328 g/mol. The van der Waals surface area contributed by atoms with Crippen LogP contribution in [-0.2, 0) is 6.42 Å². The highest BCUT2D eigenvalue weighted by molar-refractivity contribution is 9.10. The third-order valence-corrected chi connectivity index (χ3v) is 4.77. The first-order valence-corrected chi connectivity index (χ1v) is 8.86. The molecule has 21 heavy (non-hydrogen) atoms. The first kappa shape index (κ1) is 16.7. The molecule has 0 bridgehead atoms. The smallest absolute Gasteiger partial charge is 0.144 e. The molecule has 2 rings (SSSR count). The van der Waals surface area contributed by atoms with Crippen LogP contribution in [0.3, 0.4) is 0 Å². The summed E-state index contributed by atoms with van der Waals surface area (Å²) in [6.07, 6.45) is 7.17. The van der Waals surface area contributed by atoms with Gasteiger partial charge >= 0.3 is 0 Å². The number of nitrogens with one attached hydrogen (secondary N) is 1. The molecule has 0 saturated heterocycles. The van der Waals surface area contributed by atoms with E-state index < -0.39 is 0 Å². The van der Waals surface area contributed by atoms with Crippen LogP contribution in [0.2, 0.25) is 0 Å². The minimum Gasteiger partial charge on any atom is -0.369 e. The van der Waals surface area contributed by atoms with Crippen molar-refractivity contribution >= 4 is 21.7 Å². The zero-order valence-electron chi connectivity index (χ0n) is 13.5. The van der Waals surface area contributed by atoms with Crippen molar-refractivity contribution < 1.29 is 0 Å². The first-order chi connectivity index (χ1) is 10.1. The van der Waals surface area contributed by atoms with Crippen molar-refractivity contribution in [2.75, 3.05) is 32.5 Å². The molecule has 1 aliphatic rings. The Morgan fingerprint density at radius 3 is 2.57 bits per heavy atom. The summed E-state index contributed by atoms with van der Waals surface area (Å²) in [4.78, 5) is 11.8. The summed E-state index contributed by atoms with van der Waals surface area (Å²) in [6.45, 7) is 4.11. The van der Waals surface area contributed by atoms with Gasteiger partial charge in [0.05, 0.1) is 10.2 Å². The summed E-state index contributed by atoms with van der Waals surface area (Å²) in [7, 11) is 4.18. The van der Waals surface area contributed by atoms with Gasteiger partial charge in [-0.3, -0.25) is 0 Å². The van der Waals surface area contributed by atoms with Gasteiger partial charge in [0.15, 0.2) is 0 Å². The number of aromatic nitrogens is 2. The quantitative estimate of drug-likeness (QED) is 0.807. The minimum absolute atomic E-state index is 0.600. The molecule has 1 N–H and O–H groups in total. The summed E-state index contributed by atoms with van der Waals surface area (Å²) in [6, 6.07) is 0. The number of halogens is 1. The third kappa shape index (κ3) is 4.65. The van der Waals surface area contributed by atoms with E-state index in [2.05, 4.69) is 47.2 Å². The fourth-order valence-corrected chi connectivity index (χ4v) is 3.42. The molecule has 0 atom stereocenters. The molecular formula is C16H27BrN4. The van der Waals surface area contributed by atoms with Crippen molar-refractivity contribution in [1.82, 2.24) is 14.9 Å². The molecule has 1 saturated carbocycles. The second-order valence-corrected chi connectivity index (χ2v) is 6.94. The summed E-state index contributed by atoms with van der Waals surface area (Å²) in [5, 5.41) is 3.44. The van der Waals surface area contributed by atoms with Crippen LogP contribution in [-0.4, -0.2) is 42.1 Å². The van der Waals surface area contributed by atoms with Gasteiger partial charge in [0.2, 0.25) is 0 Å². The van der Waals surface area contributed by atoms with Gasteiger partial charge in [-0.05, 0) is 49.3 Å². The molecule has 0 unspecified atom stereocenters. The maximum absolute atomic E-state index is 4.87. The molecule has 0 amide bonds. The zero-order valence-corrected chi connectivity index (χ0v) is 15.0. The molecule has 118 valence electrons. The second kappa shape index (κ2) is 8.08. The van der Waals surface area contributed by atoms with Crippen LogP contribution in [0.15, 0.2) is 4.47 Å². The molecule has 0 aliphatic heterocycles. The second-order valence-electron chi connectivity index (χ2n) is 6.15. The van der Waals surface area contributed by atoms with Crippen LogP contribution < -0.4 is 5.32 Å². The Hall–Kier alpha value is -0.680. The van der Waals surface area contributed by atoms with Crippen LogP contribution >= 0.6 is 15.9 Å².